The summed E-state index contributed by atoms with van der Waals surface area (Å²) in [4.78, 5) is 10.7. The summed E-state index contributed by atoms with van der Waals surface area (Å²) in [5.74, 6) is -0.416. The highest BCUT2D eigenvalue weighted by molar-refractivity contribution is 5.91. The normalized spacial score (nSPS) is 14.7. The number of nitrogens with two attached hydrogens (primary N) is 1. The SMILES string of the molecule is COC(OC)C(C)C=C(C)C(N)=O. The molecule has 0 aromatic carbocycles. The Balaban J connectivity index is 4.33. The molecule has 0 aliphatic heterocycles. The third-order valence-electron chi connectivity index (χ3n) is 1.80. The van der Waals surface area contributed by atoms with Gasteiger partial charge in [0.2, 0.25) is 5.91 Å². The smallest absolute Gasteiger partial charge is 0.244 e. The van der Waals surface area contributed by atoms with Gasteiger partial charge in [-0.15, -0.1) is 0 Å². The van der Waals surface area contributed by atoms with Crippen molar-refractivity contribution in [3.05, 3.63) is 11.6 Å². The van der Waals surface area contributed by atoms with E-state index in [0.29, 0.717) is 5.57 Å². The molecule has 4 heteroatoms. The topological polar surface area (TPSA) is 61.6 Å². The van der Waals surface area contributed by atoms with Crippen LogP contribution in [0.25, 0.3) is 0 Å². The lowest BCUT2D eigenvalue weighted by molar-refractivity contribution is -0.123. The fourth-order valence-corrected chi connectivity index (χ4v) is 1.08. The third kappa shape index (κ3) is 4.05. The van der Waals surface area contributed by atoms with Gasteiger partial charge in [-0.1, -0.05) is 13.0 Å². The van der Waals surface area contributed by atoms with E-state index in [4.69, 9.17) is 15.2 Å². The highest BCUT2D eigenvalue weighted by atomic mass is 16.7. The minimum atomic E-state index is -0.419. The van der Waals surface area contributed by atoms with Gasteiger partial charge < -0.3 is 15.2 Å². The van der Waals surface area contributed by atoms with Crippen LogP contribution in [0.1, 0.15) is 13.8 Å². The largest absolute Gasteiger partial charge is 0.366 e. The molecule has 0 spiro atoms. The van der Waals surface area contributed by atoms with Crippen LogP contribution in [0.2, 0.25) is 0 Å². The van der Waals surface area contributed by atoms with Crippen LogP contribution in [0, 0.1) is 5.92 Å². The highest BCUT2D eigenvalue weighted by Gasteiger charge is 2.14. The first-order chi connectivity index (χ1) is 6.02. The summed E-state index contributed by atoms with van der Waals surface area (Å²) in [5.41, 5.74) is 5.60. The molecule has 0 aliphatic rings. The molecular formula is C9H17NO3. The number of carbonyl (C=O) groups is 1. The molecule has 2 N–H and O–H groups in total. The number of primary amides is 1. The second-order valence-corrected chi connectivity index (χ2v) is 2.91. The van der Waals surface area contributed by atoms with Crippen LogP contribution in [-0.2, 0) is 14.3 Å². The average Bonchev–Trinajstić information content (AvgIpc) is 2.06. The van der Waals surface area contributed by atoms with Gasteiger partial charge in [0.25, 0.3) is 0 Å². The minimum absolute atomic E-state index is 0.00231. The Morgan fingerprint density at radius 3 is 2.15 bits per heavy atom. The van der Waals surface area contributed by atoms with Gasteiger partial charge in [0.15, 0.2) is 6.29 Å². The molecule has 0 radical (unpaired) electrons. The monoisotopic (exact) mass is 187 g/mol. The number of hydrogen-bond acceptors (Lipinski definition) is 3. The number of ether oxygens (including phenoxy) is 2. The Morgan fingerprint density at radius 2 is 1.85 bits per heavy atom. The Morgan fingerprint density at radius 1 is 1.38 bits per heavy atom. The lowest BCUT2D eigenvalue weighted by Crippen LogP contribution is -2.22. The molecular weight excluding hydrogens is 170 g/mol. The van der Waals surface area contributed by atoms with Crippen molar-refractivity contribution in [2.45, 2.75) is 20.1 Å². The zero-order valence-corrected chi connectivity index (χ0v) is 8.53. The van der Waals surface area contributed by atoms with Crippen LogP contribution in [0.15, 0.2) is 11.6 Å². The minimum Gasteiger partial charge on any atom is -0.366 e. The van der Waals surface area contributed by atoms with Gasteiger partial charge in [-0.25, -0.2) is 0 Å². The Bertz CT molecular complexity index is 197. The first kappa shape index (κ1) is 12.1. The van der Waals surface area contributed by atoms with Gasteiger partial charge in [-0.2, -0.15) is 0 Å². The maximum atomic E-state index is 10.7. The Labute approximate surface area is 78.7 Å². The van der Waals surface area contributed by atoms with E-state index in [9.17, 15) is 4.79 Å². The molecule has 1 atom stereocenters. The van der Waals surface area contributed by atoms with Crippen LogP contribution in [0.5, 0.6) is 0 Å². The fourth-order valence-electron chi connectivity index (χ4n) is 1.08. The van der Waals surface area contributed by atoms with Crippen molar-refractivity contribution in [1.82, 2.24) is 0 Å². The molecule has 0 aliphatic carbocycles. The molecule has 76 valence electrons. The first-order valence-corrected chi connectivity index (χ1v) is 4.06. The number of amides is 1. The van der Waals surface area contributed by atoms with Crippen molar-refractivity contribution >= 4 is 5.91 Å². The summed E-state index contributed by atoms with van der Waals surface area (Å²) in [6, 6.07) is 0. The third-order valence-corrected chi connectivity index (χ3v) is 1.80. The number of rotatable bonds is 5. The van der Waals surface area contributed by atoms with Crippen molar-refractivity contribution in [3.63, 3.8) is 0 Å². The van der Waals surface area contributed by atoms with Crippen molar-refractivity contribution in [3.8, 4) is 0 Å². The number of hydrogen-bond donors (Lipinski definition) is 1. The molecule has 0 rings (SSSR count). The van der Waals surface area contributed by atoms with Gasteiger partial charge in [-0.05, 0) is 6.92 Å². The van der Waals surface area contributed by atoms with E-state index in [2.05, 4.69) is 0 Å². The highest BCUT2D eigenvalue weighted by Crippen LogP contribution is 2.11. The van der Waals surface area contributed by atoms with E-state index in [1.54, 1.807) is 27.2 Å². The van der Waals surface area contributed by atoms with E-state index in [-0.39, 0.29) is 12.2 Å². The Kier molecular flexibility index (Phi) is 5.34. The summed E-state index contributed by atoms with van der Waals surface area (Å²) >= 11 is 0. The van der Waals surface area contributed by atoms with Crippen LogP contribution < -0.4 is 5.73 Å². The molecule has 0 saturated carbocycles. The first-order valence-electron chi connectivity index (χ1n) is 4.06. The maximum Gasteiger partial charge on any atom is 0.244 e. The summed E-state index contributed by atoms with van der Waals surface area (Å²) in [7, 11) is 3.11. The molecule has 0 aromatic heterocycles. The van der Waals surface area contributed by atoms with Crippen molar-refractivity contribution < 1.29 is 14.3 Å². The lowest BCUT2D eigenvalue weighted by atomic mass is 10.1. The molecule has 0 saturated heterocycles. The molecule has 0 bridgehead atoms. The van der Waals surface area contributed by atoms with Gasteiger partial charge in [0.05, 0.1) is 0 Å². The van der Waals surface area contributed by atoms with Crippen LogP contribution in [-0.4, -0.2) is 26.4 Å². The standard InChI is InChI=1S/C9H17NO3/c1-6(8(10)11)5-7(2)9(12-3)13-4/h5,7,9H,1-4H3,(H2,10,11). The summed E-state index contributed by atoms with van der Waals surface area (Å²) in [5, 5.41) is 0. The summed E-state index contributed by atoms with van der Waals surface area (Å²) in [6.07, 6.45) is 1.40. The van der Waals surface area contributed by atoms with Crippen molar-refractivity contribution in [2.24, 2.45) is 11.7 Å². The fraction of sp³-hybridized carbons (Fsp3) is 0.667. The summed E-state index contributed by atoms with van der Waals surface area (Å²) < 4.78 is 10.0. The predicted octanol–water partition coefficient (Wildman–Crippen LogP) is 0.673. The molecule has 0 heterocycles. The number of methoxy groups -OCH3 is 2. The molecule has 1 unspecified atom stereocenters. The van der Waals surface area contributed by atoms with Crippen LogP contribution in [0.3, 0.4) is 0 Å². The molecule has 1 amide bonds. The van der Waals surface area contributed by atoms with E-state index in [0.717, 1.165) is 0 Å². The molecule has 4 nitrogen and oxygen atoms in total. The molecule has 0 fully saturated rings. The van der Waals surface area contributed by atoms with E-state index >= 15 is 0 Å². The van der Waals surface area contributed by atoms with E-state index < -0.39 is 5.91 Å². The van der Waals surface area contributed by atoms with Crippen LogP contribution in [0.4, 0.5) is 0 Å². The lowest BCUT2D eigenvalue weighted by Gasteiger charge is -2.18. The van der Waals surface area contributed by atoms with Gasteiger partial charge >= 0.3 is 0 Å². The second kappa shape index (κ2) is 5.72. The Hall–Kier alpha value is -0.870. The quantitative estimate of drug-likeness (QED) is 0.508. The molecule has 0 aromatic rings. The molecule has 13 heavy (non-hydrogen) atoms. The van der Waals surface area contributed by atoms with Crippen molar-refractivity contribution in [2.75, 3.05) is 14.2 Å². The second-order valence-electron chi connectivity index (χ2n) is 2.91. The van der Waals surface area contributed by atoms with Gasteiger partial charge in [0, 0.05) is 25.7 Å². The predicted molar refractivity (Wildman–Crippen MR) is 49.9 cm³/mol. The van der Waals surface area contributed by atoms with E-state index in [1.807, 2.05) is 6.92 Å². The van der Waals surface area contributed by atoms with Crippen molar-refractivity contribution in [1.29, 1.82) is 0 Å². The maximum absolute atomic E-state index is 10.7. The zero-order chi connectivity index (χ0) is 10.4. The zero-order valence-electron chi connectivity index (χ0n) is 8.53. The number of carbonyl (C=O) groups excluding carboxylic acids is 1. The van der Waals surface area contributed by atoms with Gasteiger partial charge in [-0.3, -0.25) is 4.79 Å². The summed E-state index contributed by atoms with van der Waals surface area (Å²) in [6.45, 7) is 3.56. The van der Waals surface area contributed by atoms with E-state index in [1.165, 1.54) is 0 Å². The average molecular weight is 187 g/mol. The van der Waals surface area contributed by atoms with Gasteiger partial charge in [0.1, 0.15) is 0 Å². The van der Waals surface area contributed by atoms with Crippen LogP contribution >= 0.6 is 0 Å².